The third-order valence-corrected chi connectivity index (χ3v) is 3.37. The van der Waals surface area contributed by atoms with Crippen LogP contribution in [0.1, 0.15) is 23.4 Å². The summed E-state index contributed by atoms with van der Waals surface area (Å²) in [6.45, 7) is 7.77. The molecule has 1 fully saturated rings. The number of halogens is 1. The Bertz CT molecular complexity index is 422. The van der Waals surface area contributed by atoms with E-state index in [-0.39, 0.29) is 24.0 Å². The molecule has 2 N–H and O–H groups in total. The van der Waals surface area contributed by atoms with Crippen molar-refractivity contribution in [2.24, 2.45) is 10.7 Å². The van der Waals surface area contributed by atoms with Crippen molar-refractivity contribution in [3.63, 3.8) is 0 Å². The number of aryl methyl sites for hydroxylation is 2. The molecule has 20 heavy (non-hydrogen) atoms. The number of aromatic nitrogens is 1. The van der Waals surface area contributed by atoms with E-state index in [0.29, 0.717) is 5.96 Å². The minimum atomic E-state index is 0. The maximum absolute atomic E-state index is 5.96. The largest absolute Gasteiger partial charge is 0.378 e. The van der Waals surface area contributed by atoms with E-state index < -0.39 is 0 Å². The molecule has 7 heteroatoms. The Morgan fingerprint density at radius 3 is 2.65 bits per heavy atom. The SMILES string of the molecule is Cc1noc(C)c1CCCN=C(N)N1CCOCC1.I. The second-order valence-corrected chi connectivity index (χ2v) is 4.75. The van der Waals surface area contributed by atoms with Crippen LogP contribution in [0.15, 0.2) is 9.52 Å². The van der Waals surface area contributed by atoms with Gasteiger partial charge in [0, 0.05) is 25.2 Å². The summed E-state index contributed by atoms with van der Waals surface area (Å²) in [7, 11) is 0. The standard InChI is InChI=1S/C13H22N4O2.HI/c1-10-12(11(2)19-16-10)4-3-5-15-13(14)17-6-8-18-9-7-17;/h3-9H2,1-2H3,(H2,14,15);1H. The Labute approximate surface area is 136 Å². The number of morpholine rings is 1. The summed E-state index contributed by atoms with van der Waals surface area (Å²) in [5.41, 5.74) is 8.13. The van der Waals surface area contributed by atoms with Gasteiger partial charge in [-0.1, -0.05) is 5.16 Å². The van der Waals surface area contributed by atoms with Crippen molar-refractivity contribution < 1.29 is 9.26 Å². The Kier molecular flexibility index (Phi) is 7.28. The van der Waals surface area contributed by atoms with Gasteiger partial charge in [-0.25, -0.2) is 0 Å². The maximum atomic E-state index is 5.96. The van der Waals surface area contributed by atoms with Crippen molar-refractivity contribution in [1.82, 2.24) is 10.1 Å². The van der Waals surface area contributed by atoms with E-state index in [1.165, 1.54) is 5.56 Å². The Balaban J connectivity index is 0.00000200. The highest BCUT2D eigenvalue weighted by Crippen LogP contribution is 2.14. The summed E-state index contributed by atoms with van der Waals surface area (Å²) in [6.07, 6.45) is 1.88. The van der Waals surface area contributed by atoms with Crippen molar-refractivity contribution in [3.8, 4) is 0 Å². The zero-order valence-electron chi connectivity index (χ0n) is 12.1. The van der Waals surface area contributed by atoms with Gasteiger partial charge in [0.2, 0.25) is 0 Å². The fourth-order valence-corrected chi connectivity index (χ4v) is 2.20. The topological polar surface area (TPSA) is 76.9 Å². The van der Waals surface area contributed by atoms with Gasteiger partial charge in [-0.15, -0.1) is 24.0 Å². The smallest absolute Gasteiger partial charge is 0.191 e. The van der Waals surface area contributed by atoms with Gasteiger partial charge in [0.05, 0.1) is 18.9 Å². The molecule has 0 aliphatic carbocycles. The normalized spacial score (nSPS) is 16.1. The summed E-state index contributed by atoms with van der Waals surface area (Å²) in [4.78, 5) is 6.49. The first kappa shape index (κ1) is 17.2. The van der Waals surface area contributed by atoms with Gasteiger partial charge < -0.3 is 19.9 Å². The predicted molar refractivity (Wildman–Crippen MR) is 88.6 cm³/mol. The molecule has 0 amide bonds. The van der Waals surface area contributed by atoms with E-state index in [0.717, 1.165) is 57.1 Å². The number of hydrogen-bond donors (Lipinski definition) is 1. The monoisotopic (exact) mass is 394 g/mol. The molecule has 1 aromatic heterocycles. The molecule has 2 heterocycles. The summed E-state index contributed by atoms with van der Waals surface area (Å²) in [6, 6.07) is 0. The molecule has 0 saturated carbocycles. The first-order valence-electron chi connectivity index (χ1n) is 6.73. The fourth-order valence-electron chi connectivity index (χ4n) is 2.20. The lowest BCUT2D eigenvalue weighted by atomic mass is 10.1. The highest BCUT2D eigenvalue weighted by Gasteiger charge is 2.12. The molecule has 0 spiro atoms. The molecule has 114 valence electrons. The van der Waals surface area contributed by atoms with Crippen molar-refractivity contribution in [2.45, 2.75) is 26.7 Å². The van der Waals surface area contributed by atoms with Crippen LogP contribution < -0.4 is 5.73 Å². The third kappa shape index (κ3) is 4.62. The second kappa shape index (κ2) is 8.46. The van der Waals surface area contributed by atoms with Crippen LogP contribution in [-0.4, -0.2) is 48.9 Å². The van der Waals surface area contributed by atoms with Crippen molar-refractivity contribution in [3.05, 3.63) is 17.0 Å². The van der Waals surface area contributed by atoms with Crippen LogP contribution in [0.5, 0.6) is 0 Å². The van der Waals surface area contributed by atoms with Crippen LogP contribution in [0.25, 0.3) is 0 Å². The third-order valence-electron chi connectivity index (χ3n) is 3.37. The molecule has 0 unspecified atom stereocenters. The van der Waals surface area contributed by atoms with Crippen LogP contribution >= 0.6 is 24.0 Å². The van der Waals surface area contributed by atoms with Gasteiger partial charge in [0.25, 0.3) is 0 Å². The molecular formula is C13H23IN4O2. The molecule has 1 aromatic rings. The highest BCUT2D eigenvalue weighted by atomic mass is 127. The van der Waals surface area contributed by atoms with E-state index in [1.807, 2.05) is 13.8 Å². The molecule has 6 nitrogen and oxygen atoms in total. The maximum Gasteiger partial charge on any atom is 0.191 e. The van der Waals surface area contributed by atoms with Crippen LogP contribution in [0, 0.1) is 13.8 Å². The van der Waals surface area contributed by atoms with Gasteiger partial charge in [-0.2, -0.15) is 0 Å². The predicted octanol–water partition coefficient (Wildman–Crippen LogP) is 1.49. The van der Waals surface area contributed by atoms with E-state index in [2.05, 4.69) is 15.0 Å². The lowest BCUT2D eigenvalue weighted by Gasteiger charge is -2.27. The summed E-state index contributed by atoms with van der Waals surface area (Å²) < 4.78 is 10.4. The summed E-state index contributed by atoms with van der Waals surface area (Å²) in [5, 5.41) is 3.95. The number of rotatable bonds is 4. The van der Waals surface area contributed by atoms with Gasteiger partial charge >= 0.3 is 0 Å². The molecule has 1 aliphatic rings. The molecule has 2 rings (SSSR count). The molecule has 0 radical (unpaired) electrons. The Morgan fingerprint density at radius 1 is 1.35 bits per heavy atom. The van der Waals surface area contributed by atoms with Crippen molar-refractivity contribution in [1.29, 1.82) is 0 Å². The van der Waals surface area contributed by atoms with E-state index in [4.69, 9.17) is 15.0 Å². The van der Waals surface area contributed by atoms with E-state index in [9.17, 15) is 0 Å². The van der Waals surface area contributed by atoms with Crippen molar-refractivity contribution in [2.75, 3.05) is 32.8 Å². The van der Waals surface area contributed by atoms with Gasteiger partial charge in [-0.3, -0.25) is 4.99 Å². The van der Waals surface area contributed by atoms with Crippen LogP contribution in [0.2, 0.25) is 0 Å². The highest BCUT2D eigenvalue weighted by molar-refractivity contribution is 14.0. The molecule has 0 bridgehead atoms. The zero-order valence-corrected chi connectivity index (χ0v) is 14.4. The lowest BCUT2D eigenvalue weighted by molar-refractivity contribution is 0.0674. The fraction of sp³-hybridized carbons (Fsp3) is 0.692. The molecular weight excluding hydrogens is 371 g/mol. The van der Waals surface area contributed by atoms with E-state index >= 15 is 0 Å². The van der Waals surface area contributed by atoms with Gasteiger partial charge in [-0.05, 0) is 26.7 Å². The Morgan fingerprint density at radius 2 is 2.05 bits per heavy atom. The summed E-state index contributed by atoms with van der Waals surface area (Å²) >= 11 is 0. The first-order valence-corrected chi connectivity index (χ1v) is 6.73. The quantitative estimate of drug-likeness (QED) is 0.363. The minimum Gasteiger partial charge on any atom is -0.378 e. The molecule has 0 atom stereocenters. The number of nitrogens with two attached hydrogens (primary N) is 1. The van der Waals surface area contributed by atoms with Crippen LogP contribution in [-0.2, 0) is 11.2 Å². The molecule has 0 aromatic carbocycles. The average Bonchev–Trinajstić information content (AvgIpc) is 2.75. The average molecular weight is 394 g/mol. The second-order valence-electron chi connectivity index (χ2n) is 4.75. The summed E-state index contributed by atoms with van der Waals surface area (Å²) in [5.74, 6) is 1.53. The number of ether oxygens (including phenoxy) is 1. The Hall–Kier alpha value is -0.830. The minimum absolute atomic E-state index is 0. The number of aliphatic imine (C=N–C) groups is 1. The van der Waals surface area contributed by atoms with Crippen LogP contribution in [0.4, 0.5) is 0 Å². The number of nitrogens with zero attached hydrogens (tertiary/aromatic N) is 3. The lowest BCUT2D eigenvalue weighted by Crippen LogP contribution is -2.44. The first-order chi connectivity index (χ1) is 9.18. The molecule has 1 saturated heterocycles. The molecule has 1 aliphatic heterocycles. The van der Waals surface area contributed by atoms with Gasteiger partial charge in [0.15, 0.2) is 5.96 Å². The number of hydrogen-bond acceptors (Lipinski definition) is 4. The van der Waals surface area contributed by atoms with E-state index in [1.54, 1.807) is 0 Å². The number of guanidine groups is 1. The van der Waals surface area contributed by atoms with Crippen molar-refractivity contribution >= 4 is 29.9 Å². The van der Waals surface area contributed by atoms with Crippen LogP contribution in [0.3, 0.4) is 0 Å². The van der Waals surface area contributed by atoms with Gasteiger partial charge in [0.1, 0.15) is 5.76 Å². The zero-order chi connectivity index (χ0) is 13.7.